The van der Waals surface area contributed by atoms with Crippen LogP contribution in [0.15, 0.2) is 30.3 Å². The molecule has 0 radical (unpaired) electrons. The van der Waals surface area contributed by atoms with Crippen LogP contribution in [0.5, 0.6) is 0 Å². The first-order valence-corrected chi connectivity index (χ1v) is 5.65. The van der Waals surface area contributed by atoms with Gasteiger partial charge in [0.2, 0.25) is 0 Å². The number of nitrogens with one attached hydrogen (secondary N) is 1. The molecular formula is C9H14NO3P. The Morgan fingerprint density at radius 1 is 1.36 bits per heavy atom. The summed E-state index contributed by atoms with van der Waals surface area (Å²) in [6, 6.07) is 9.54. The number of hydrogen-bond acceptors (Lipinski definition) is 4. The Bertz CT molecular complexity index is 279. The zero-order valence-corrected chi connectivity index (χ0v) is 9.03. The number of rotatable bonds is 6. The zero-order valence-electron chi connectivity index (χ0n) is 8.03. The third kappa shape index (κ3) is 4.53. The second kappa shape index (κ2) is 6.74. The molecule has 0 aromatic heterocycles. The average molecular weight is 215 g/mol. The lowest BCUT2D eigenvalue weighted by Gasteiger charge is -2.04. The van der Waals surface area contributed by atoms with E-state index in [0.29, 0.717) is 13.2 Å². The first-order valence-electron chi connectivity index (χ1n) is 4.43. The molecule has 0 saturated heterocycles. The normalized spacial score (nSPS) is 12.6. The van der Waals surface area contributed by atoms with Gasteiger partial charge in [0.15, 0.2) is 0 Å². The molecule has 0 amide bonds. The van der Waals surface area contributed by atoms with Crippen LogP contribution in [0.3, 0.4) is 0 Å². The Kier molecular flexibility index (Phi) is 5.49. The number of hydroxylamine groups is 1. The van der Waals surface area contributed by atoms with Crippen molar-refractivity contribution in [3.8, 4) is 0 Å². The van der Waals surface area contributed by atoms with Gasteiger partial charge in [0.25, 0.3) is 0 Å². The lowest BCUT2D eigenvalue weighted by Crippen LogP contribution is -2.08. The minimum absolute atomic E-state index is 0.310. The highest BCUT2D eigenvalue weighted by Crippen LogP contribution is 2.23. The quantitative estimate of drug-likeness (QED) is 0.583. The van der Waals surface area contributed by atoms with E-state index in [0.717, 1.165) is 5.56 Å². The fourth-order valence-electron chi connectivity index (χ4n) is 0.877. The van der Waals surface area contributed by atoms with E-state index in [9.17, 15) is 4.57 Å². The maximum atomic E-state index is 11.1. The third-order valence-corrected chi connectivity index (χ3v) is 2.19. The largest absolute Gasteiger partial charge is 0.335 e. The van der Waals surface area contributed by atoms with Crippen molar-refractivity contribution in [2.75, 3.05) is 6.54 Å². The van der Waals surface area contributed by atoms with Crippen molar-refractivity contribution < 1.29 is 13.7 Å². The molecule has 78 valence electrons. The van der Waals surface area contributed by atoms with Crippen LogP contribution in [0.1, 0.15) is 12.5 Å². The molecule has 0 saturated carbocycles. The predicted molar refractivity (Wildman–Crippen MR) is 55.0 cm³/mol. The van der Waals surface area contributed by atoms with Crippen LogP contribution in [-0.4, -0.2) is 6.54 Å². The predicted octanol–water partition coefficient (Wildman–Crippen LogP) is 2.13. The van der Waals surface area contributed by atoms with Gasteiger partial charge in [-0.3, -0.25) is 4.57 Å². The van der Waals surface area contributed by atoms with Crippen LogP contribution < -0.4 is 5.48 Å². The first-order chi connectivity index (χ1) is 6.83. The summed E-state index contributed by atoms with van der Waals surface area (Å²) in [7, 11) is -2.41. The van der Waals surface area contributed by atoms with E-state index in [4.69, 9.17) is 4.52 Å². The molecule has 1 atom stereocenters. The molecule has 14 heavy (non-hydrogen) atoms. The monoisotopic (exact) mass is 215 g/mol. The van der Waals surface area contributed by atoms with E-state index in [1.165, 1.54) is 0 Å². The van der Waals surface area contributed by atoms with Gasteiger partial charge in [-0.25, -0.2) is 4.62 Å². The molecule has 1 N–H and O–H groups in total. The van der Waals surface area contributed by atoms with Gasteiger partial charge in [0.05, 0.1) is 6.61 Å². The summed E-state index contributed by atoms with van der Waals surface area (Å²) in [5.41, 5.74) is 3.47. The molecule has 1 aromatic carbocycles. The van der Waals surface area contributed by atoms with Crippen LogP contribution in [0.25, 0.3) is 0 Å². The Labute approximate surface area is 84.1 Å². The Morgan fingerprint density at radius 3 is 2.71 bits per heavy atom. The molecule has 5 heteroatoms. The van der Waals surface area contributed by atoms with Gasteiger partial charge in [-0.05, 0) is 5.56 Å². The van der Waals surface area contributed by atoms with E-state index in [-0.39, 0.29) is 0 Å². The van der Waals surface area contributed by atoms with Crippen LogP contribution in [0.4, 0.5) is 0 Å². The summed E-state index contributed by atoms with van der Waals surface area (Å²) in [5, 5.41) is 0. The van der Waals surface area contributed by atoms with Crippen LogP contribution in [-0.2, 0) is 20.3 Å². The summed E-state index contributed by atoms with van der Waals surface area (Å²) >= 11 is 0. The fourth-order valence-corrected chi connectivity index (χ4v) is 1.48. The molecule has 1 rings (SSSR count). The summed E-state index contributed by atoms with van der Waals surface area (Å²) in [5.74, 6) is 0. The highest BCUT2D eigenvalue weighted by Gasteiger charge is 1.99. The van der Waals surface area contributed by atoms with Crippen molar-refractivity contribution in [3.63, 3.8) is 0 Å². The van der Waals surface area contributed by atoms with Crippen molar-refractivity contribution in [3.05, 3.63) is 35.9 Å². The average Bonchev–Trinajstić information content (AvgIpc) is 2.25. The molecule has 0 bridgehead atoms. The zero-order chi connectivity index (χ0) is 10.2. The van der Waals surface area contributed by atoms with Gasteiger partial charge < -0.3 is 4.52 Å². The fraction of sp³-hybridized carbons (Fsp3) is 0.333. The lowest BCUT2D eigenvalue weighted by molar-refractivity contribution is 0.156. The van der Waals surface area contributed by atoms with Crippen molar-refractivity contribution >= 4 is 8.25 Å². The SMILES string of the molecule is CCNO[PH](=O)OCc1ccccc1. The van der Waals surface area contributed by atoms with E-state index < -0.39 is 8.25 Å². The molecule has 0 aliphatic heterocycles. The van der Waals surface area contributed by atoms with Gasteiger partial charge in [-0.2, -0.15) is 5.48 Å². The third-order valence-electron chi connectivity index (χ3n) is 1.50. The van der Waals surface area contributed by atoms with Gasteiger partial charge in [-0.15, -0.1) is 0 Å². The molecule has 0 heterocycles. The second-order valence-electron chi connectivity index (χ2n) is 2.62. The van der Waals surface area contributed by atoms with Crippen LogP contribution in [0, 0.1) is 0 Å². The molecule has 0 spiro atoms. The van der Waals surface area contributed by atoms with Crippen molar-refractivity contribution in [1.29, 1.82) is 0 Å². The Morgan fingerprint density at radius 2 is 2.07 bits per heavy atom. The first kappa shape index (κ1) is 11.4. The van der Waals surface area contributed by atoms with E-state index in [2.05, 4.69) is 10.1 Å². The lowest BCUT2D eigenvalue weighted by atomic mass is 10.2. The van der Waals surface area contributed by atoms with Gasteiger partial charge >= 0.3 is 8.25 Å². The Balaban J connectivity index is 2.24. The van der Waals surface area contributed by atoms with E-state index in [1.54, 1.807) is 0 Å². The highest BCUT2D eigenvalue weighted by atomic mass is 31.1. The number of hydrogen-bond donors (Lipinski definition) is 1. The summed E-state index contributed by atoms with van der Waals surface area (Å²) in [6.07, 6.45) is 0. The van der Waals surface area contributed by atoms with Crippen molar-refractivity contribution in [2.45, 2.75) is 13.5 Å². The molecule has 4 nitrogen and oxygen atoms in total. The van der Waals surface area contributed by atoms with Crippen molar-refractivity contribution in [1.82, 2.24) is 5.48 Å². The summed E-state index contributed by atoms with van der Waals surface area (Å²) < 4.78 is 20.7. The molecule has 0 aliphatic rings. The van der Waals surface area contributed by atoms with Gasteiger partial charge in [-0.1, -0.05) is 37.3 Å². The minimum Gasteiger partial charge on any atom is -0.305 e. The topological polar surface area (TPSA) is 47.6 Å². The molecule has 0 aliphatic carbocycles. The molecular weight excluding hydrogens is 201 g/mol. The number of benzene rings is 1. The van der Waals surface area contributed by atoms with Crippen LogP contribution >= 0.6 is 8.25 Å². The Hall–Kier alpha value is -0.670. The highest BCUT2D eigenvalue weighted by molar-refractivity contribution is 7.33. The van der Waals surface area contributed by atoms with E-state index in [1.807, 2.05) is 37.3 Å². The van der Waals surface area contributed by atoms with Crippen LogP contribution in [0.2, 0.25) is 0 Å². The second-order valence-corrected chi connectivity index (χ2v) is 3.62. The molecule has 0 fully saturated rings. The van der Waals surface area contributed by atoms with Crippen molar-refractivity contribution in [2.24, 2.45) is 0 Å². The smallest absolute Gasteiger partial charge is 0.305 e. The maximum absolute atomic E-state index is 11.1. The maximum Gasteiger partial charge on any atom is 0.335 e. The standard InChI is InChI=1S/C9H14NO3P/c1-2-10-13-14(11)12-8-9-6-4-3-5-7-9/h3-7,10,14H,2,8H2,1H3. The van der Waals surface area contributed by atoms with Gasteiger partial charge in [0, 0.05) is 6.54 Å². The summed E-state index contributed by atoms with van der Waals surface area (Å²) in [4.78, 5) is 0. The molecule has 1 unspecified atom stereocenters. The molecule has 1 aromatic rings. The van der Waals surface area contributed by atoms with E-state index >= 15 is 0 Å². The summed E-state index contributed by atoms with van der Waals surface area (Å²) in [6.45, 7) is 2.77. The van der Waals surface area contributed by atoms with Gasteiger partial charge in [0.1, 0.15) is 0 Å². The minimum atomic E-state index is -2.41.